The number of benzene rings is 1. The van der Waals surface area contributed by atoms with Crippen molar-refractivity contribution in [1.82, 2.24) is 0 Å². The lowest BCUT2D eigenvalue weighted by Crippen LogP contribution is -2.52. The van der Waals surface area contributed by atoms with Crippen molar-refractivity contribution in [1.29, 1.82) is 0 Å². The van der Waals surface area contributed by atoms with Gasteiger partial charge < -0.3 is 9.84 Å². The summed E-state index contributed by atoms with van der Waals surface area (Å²) < 4.78 is 5.15. The number of anilines is 1. The van der Waals surface area contributed by atoms with E-state index < -0.39 is 23.2 Å². The average Bonchev–Trinajstić information content (AvgIpc) is 2.62. The first-order valence-corrected chi connectivity index (χ1v) is 6.90. The summed E-state index contributed by atoms with van der Waals surface area (Å²) in [5.74, 6) is -1.73. The SMILES string of the molecule is CCOC(=O)[C@]1(C)C(Br)=C(O)C(=O)N1c1ccccc1. The molecular formula is C14H14BrNO4. The van der Waals surface area contributed by atoms with Crippen LogP contribution in [0.3, 0.4) is 0 Å². The van der Waals surface area contributed by atoms with E-state index in [0.29, 0.717) is 5.69 Å². The van der Waals surface area contributed by atoms with E-state index in [-0.39, 0.29) is 11.1 Å². The lowest BCUT2D eigenvalue weighted by molar-refractivity contribution is -0.147. The minimum atomic E-state index is -1.40. The molecule has 20 heavy (non-hydrogen) atoms. The second kappa shape index (κ2) is 5.28. The molecule has 0 radical (unpaired) electrons. The van der Waals surface area contributed by atoms with Gasteiger partial charge in [0.2, 0.25) is 0 Å². The van der Waals surface area contributed by atoms with Crippen LogP contribution in [0.15, 0.2) is 40.6 Å². The molecule has 0 fully saturated rings. The molecule has 1 aromatic rings. The predicted molar refractivity (Wildman–Crippen MR) is 77.5 cm³/mol. The second-order valence-electron chi connectivity index (χ2n) is 4.43. The molecule has 6 heteroatoms. The maximum atomic E-state index is 12.3. The van der Waals surface area contributed by atoms with Crippen molar-refractivity contribution in [3.8, 4) is 0 Å². The number of hydrogen-bond acceptors (Lipinski definition) is 4. The second-order valence-corrected chi connectivity index (χ2v) is 5.22. The largest absolute Gasteiger partial charge is 0.502 e. The van der Waals surface area contributed by atoms with Crippen molar-refractivity contribution in [2.45, 2.75) is 19.4 Å². The smallest absolute Gasteiger partial charge is 0.337 e. The number of amides is 1. The Morgan fingerprint density at radius 3 is 2.55 bits per heavy atom. The molecule has 0 bridgehead atoms. The van der Waals surface area contributed by atoms with E-state index in [1.807, 2.05) is 0 Å². The summed E-state index contributed by atoms with van der Waals surface area (Å²) in [6, 6.07) is 8.67. The van der Waals surface area contributed by atoms with Crippen LogP contribution in [-0.2, 0) is 14.3 Å². The molecule has 106 valence electrons. The summed E-state index contributed by atoms with van der Waals surface area (Å²) in [5.41, 5.74) is -0.896. The first-order valence-electron chi connectivity index (χ1n) is 6.10. The van der Waals surface area contributed by atoms with Gasteiger partial charge >= 0.3 is 5.97 Å². The number of esters is 1. The van der Waals surface area contributed by atoms with Crippen molar-refractivity contribution >= 4 is 33.5 Å². The topological polar surface area (TPSA) is 66.8 Å². The van der Waals surface area contributed by atoms with Crippen molar-refractivity contribution in [2.75, 3.05) is 11.5 Å². The average molecular weight is 340 g/mol. The van der Waals surface area contributed by atoms with E-state index in [1.165, 1.54) is 11.8 Å². The van der Waals surface area contributed by atoms with Gasteiger partial charge in [-0.2, -0.15) is 0 Å². The van der Waals surface area contributed by atoms with Gasteiger partial charge in [-0.05, 0) is 41.9 Å². The highest BCUT2D eigenvalue weighted by molar-refractivity contribution is 9.11. The molecule has 1 atom stereocenters. The Balaban J connectivity index is 2.55. The van der Waals surface area contributed by atoms with Crippen LogP contribution in [0, 0.1) is 0 Å². The zero-order valence-electron chi connectivity index (χ0n) is 11.1. The lowest BCUT2D eigenvalue weighted by Gasteiger charge is -2.33. The standard InChI is InChI=1S/C14H14BrNO4/c1-3-20-13(19)14(2)11(15)10(17)12(18)16(14)9-7-5-4-6-8-9/h4-8,17H,3H2,1-2H3/t14-/m0/s1. The number of nitrogens with zero attached hydrogens (tertiary/aromatic N) is 1. The van der Waals surface area contributed by atoms with Crippen molar-refractivity contribution < 1.29 is 19.4 Å². The van der Waals surface area contributed by atoms with Crippen LogP contribution in [0.25, 0.3) is 0 Å². The number of halogens is 1. The third-order valence-corrected chi connectivity index (χ3v) is 4.32. The molecule has 1 heterocycles. The Bertz CT molecular complexity index is 584. The predicted octanol–water partition coefficient (Wildman–Crippen LogP) is 2.52. The summed E-state index contributed by atoms with van der Waals surface area (Å²) in [7, 11) is 0. The quantitative estimate of drug-likeness (QED) is 0.859. The summed E-state index contributed by atoms with van der Waals surface area (Å²) in [6.07, 6.45) is 0. The maximum absolute atomic E-state index is 12.3. The first kappa shape index (κ1) is 14.6. The van der Waals surface area contributed by atoms with Crippen LogP contribution >= 0.6 is 15.9 Å². The molecule has 0 saturated heterocycles. The number of carbonyl (C=O) groups is 2. The number of para-hydroxylation sites is 1. The Morgan fingerprint density at radius 2 is 2.00 bits per heavy atom. The summed E-state index contributed by atoms with van der Waals surface area (Å²) in [4.78, 5) is 25.7. The number of ether oxygens (including phenoxy) is 1. The molecule has 1 aliphatic heterocycles. The molecule has 1 aromatic carbocycles. The Labute approximate surface area is 125 Å². The van der Waals surface area contributed by atoms with Crippen molar-refractivity contribution in [3.63, 3.8) is 0 Å². The first-order chi connectivity index (χ1) is 9.44. The van der Waals surface area contributed by atoms with E-state index >= 15 is 0 Å². The van der Waals surface area contributed by atoms with Crippen LogP contribution in [0.5, 0.6) is 0 Å². The summed E-state index contributed by atoms with van der Waals surface area (Å²) in [5, 5.41) is 9.88. The number of rotatable bonds is 3. The monoisotopic (exact) mass is 339 g/mol. The number of hydrogen-bond donors (Lipinski definition) is 1. The normalized spacial score (nSPS) is 22.4. The minimum Gasteiger partial charge on any atom is -0.502 e. The Kier molecular flexibility index (Phi) is 3.85. The molecule has 0 unspecified atom stereocenters. The molecule has 5 nitrogen and oxygen atoms in total. The van der Waals surface area contributed by atoms with Gasteiger partial charge in [0, 0.05) is 5.69 Å². The number of carbonyl (C=O) groups excluding carboxylic acids is 2. The van der Waals surface area contributed by atoms with E-state index in [0.717, 1.165) is 0 Å². The maximum Gasteiger partial charge on any atom is 0.337 e. The Morgan fingerprint density at radius 1 is 1.40 bits per heavy atom. The molecule has 2 rings (SSSR count). The lowest BCUT2D eigenvalue weighted by atomic mass is 10.0. The van der Waals surface area contributed by atoms with E-state index in [2.05, 4.69) is 15.9 Å². The number of aliphatic hydroxyl groups excluding tert-OH is 1. The van der Waals surface area contributed by atoms with Crippen LogP contribution in [0.2, 0.25) is 0 Å². The zero-order chi connectivity index (χ0) is 14.9. The van der Waals surface area contributed by atoms with Crippen LogP contribution in [0.1, 0.15) is 13.8 Å². The highest BCUT2D eigenvalue weighted by atomic mass is 79.9. The van der Waals surface area contributed by atoms with Gasteiger partial charge in [0.1, 0.15) is 0 Å². The van der Waals surface area contributed by atoms with Gasteiger partial charge in [0.05, 0.1) is 11.1 Å². The highest BCUT2D eigenvalue weighted by Crippen LogP contribution is 2.42. The Hall–Kier alpha value is -1.82. The van der Waals surface area contributed by atoms with Gasteiger partial charge in [-0.25, -0.2) is 4.79 Å². The van der Waals surface area contributed by atoms with Gasteiger partial charge in [-0.1, -0.05) is 18.2 Å². The third kappa shape index (κ3) is 2.00. The van der Waals surface area contributed by atoms with E-state index in [1.54, 1.807) is 37.3 Å². The molecule has 1 N–H and O–H groups in total. The van der Waals surface area contributed by atoms with Crippen LogP contribution < -0.4 is 4.90 Å². The third-order valence-electron chi connectivity index (χ3n) is 3.18. The molecular weight excluding hydrogens is 326 g/mol. The summed E-state index contributed by atoms with van der Waals surface area (Å²) >= 11 is 3.14. The summed E-state index contributed by atoms with van der Waals surface area (Å²) in [6.45, 7) is 3.40. The number of aliphatic hydroxyl groups is 1. The van der Waals surface area contributed by atoms with Gasteiger partial charge in [0.25, 0.3) is 5.91 Å². The van der Waals surface area contributed by atoms with Crippen LogP contribution in [-0.4, -0.2) is 29.1 Å². The minimum absolute atomic E-state index is 0.109. The van der Waals surface area contributed by atoms with Gasteiger partial charge in [-0.15, -0.1) is 0 Å². The fourth-order valence-electron chi connectivity index (χ4n) is 2.14. The molecule has 0 aliphatic carbocycles. The highest BCUT2D eigenvalue weighted by Gasteiger charge is 2.55. The molecule has 1 amide bonds. The molecule has 0 aromatic heterocycles. The van der Waals surface area contributed by atoms with Crippen molar-refractivity contribution in [3.05, 3.63) is 40.6 Å². The van der Waals surface area contributed by atoms with E-state index in [9.17, 15) is 14.7 Å². The van der Waals surface area contributed by atoms with E-state index in [4.69, 9.17) is 4.74 Å². The van der Waals surface area contributed by atoms with Crippen molar-refractivity contribution in [2.24, 2.45) is 0 Å². The van der Waals surface area contributed by atoms with Gasteiger partial charge in [-0.3, -0.25) is 9.69 Å². The fraction of sp³-hybridized carbons (Fsp3) is 0.286. The van der Waals surface area contributed by atoms with Crippen LogP contribution in [0.4, 0.5) is 5.69 Å². The molecule has 0 spiro atoms. The fourth-order valence-corrected chi connectivity index (χ4v) is 2.65. The molecule has 1 aliphatic rings. The van der Waals surface area contributed by atoms with Gasteiger partial charge in [0.15, 0.2) is 11.3 Å². The molecule has 0 saturated carbocycles. The zero-order valence-corrected chi connectivity index (χ0v) is 12.7.